The Kier molecular flexibility index (Phi) is 4.84. The van der Waals surface area contributed by atoms with E-state index in [4.69, 9.17) is 16.3 Å². The van der Waals surface area contributed by atoms with Crippen LogP contribution in [0.3, 0.4) is 0 Å². The maximum Gasteiger partial charge on any atom is 0.155 e. The zero-order chi connectivity index (χ0) is 14.7. The maximum absolute atomic E-state index is 11.1. The molecule has 2 nitrogen and oxygen atoms in total. The largest absolute Gasteiger partial charge is 0.456 e. The second-order valence-electron chi connectivity index (χ2n) is 4.71. The van der Waals surface area contributed by atoms with Crippen molar-refractivity contribution in [1.29, 1.82) is 0 Å². The summed E-state index contributed by atoms with van der Waals surface area (Å²) in [6, 6.07) is 11.0. The number of hydrogen-bond acceptors (Lipinski definition) is 2. The highest BCUT2D eigenvalue weighted by molar-refractivity contribution is 9.10. The molecule has 4 heteroatoms. The molecule has 20 heavy (non-hydrogen) atoms. The van der Waals surface area contributed by atoms with E-state index in [1.165, 1.54) is 0 Å². The Bertz CT molecular complexity index is 638. The number of ether oxygens (including phenoxy) is 1. The van der Waals surface area contributed by atoms with Gasteiger partial charge in [0.2, 0.25) is 0 Å². The summed E-state index contributed by atoms with van der Waals surface area (Å²) in [4.78, 5) is 11.1. The topological polar surface area (TPSA) is 26.3 Å². The molecule has 0 heterocycles. The van der Waals surface area contributed by atoms with Gasteiger partial charge in [0.25, 0.3) is 0 Å². The summed E-state index contributed by atoms with van der Waals surface area (Å²) < 4.78 is 6.89. The minimum absolute atomic E-state index is 0.307. The van der Waals surface area contributed by atoms with Crippen molar-refractivity contribution >= 4 is 33.8 Å². The average Bonchev–Trinajstić information content (AvgIpc) is 2.41. The Morgan fingerprint density at radius 2 is 1.95 bits per heavy atom. The van der Waals surface area contributed by atoms with Crippen LogP contribution in [-0.4, -0.2) is 6.29 Å². The van der Waals surface area contributed by atoms with Crippen LogP contribution >= 0.6 is 27.5 Å². The number of carbonyl (C=O) groups excluding carboxylic acids is 1. The van der Waals surface area contributed by atoms with Crippen molar-refractivity contribution in [2.24, 2.45) is 0 Å². The summed E-state index contributed by atoms with van der Waals surface area (Å²) >= 11 is 9.46. The summed E-state index contributed by atoms with van der Waals surface area (Å²) in [5.41, 5.74) is 1.43. The fraction of sp³-hybridized carbons (Fsp3) is 0.188. The molecule has 0 atom stereocenters. The lowest BCUT2D eigenvalue weighted by atomic mass is 10.0. The Balaban J connectivity index is 2.45. The van der Waals surface area contributed by atoms with Crippen molar-refractivity contribution in [2.75, 3.05) is 0 Å². The molecule has 2 aromatic carbocycles. The average molecular weight is 354 g/mol. The lowest BCUT2D eigenvalue weighted by Crippen LogP contribution is -1.96. The molecule has 0 aromatic heterocycles. The molecule has 0 unspecified atom stereocenters. The van der Waals surface area contributed by atoms with Crippen LogP contribution in [0.25, 0.3) is 0 Å². The van der Waals surface area contributed by atoms with Crippen molar-refractivity contribution in [3.8, 4) is 11.5 Å². The normalized spacial score (nSPS) is 10.7. The molecule has 2 aromatic rings. The second kappa shape index (κ2) is 6.42. The van der Waals surface area contributed by atoms with E-state index >= 15 is 0 Å². The number of rotatable bonds is 4. The van der Waals surface area contributed by atoms with E-state index in [9.17, 15) is 4.79 Å². The van der Waals surface area contributed by atoms with Gasteiger partial charge in [-0.1, -0.05) is 47.4 Å². The van der Waals surface area contributed by atoms with Crippen LogP contribution in [0.2, 0.25) is 5.02 Å². The van der Waals surface area contributed by atoms with Crippen molar-refractivity contribution in [3.05, 3.63) is 57.0 Å². The zero-order valence-electron chi connectivity index (χ0n) is 11.2. The molecule has 0 aliphatic rings. The van der Waals surface area contributed by atoms with Gasteiger partial charge < -0.3 is 4.74 Å². The van der Waals surface area contributed by atoms with Gasteiger partial charge in [-0.05, 0) is 41.8 Å². The van der Waals surface area contributed by atoms with Crippen LogP contribution in [0.1, 0.15) is 35.7 Å². The van der Waals surface area contributed by atoms with Gasteiger partial charge in [-0.2, -0.15) is 0 Å². The summed E-state index contributed by atoms with van der Waals surface area (Å²) in [6.45, 7) is 4.18. The maximum atomic E-state index is 11.1. The first-order chi connectivity index (χ1) is 9.52. The minimum Gasteiger partial charge on any atom is -0.456 e. The summed E-state index contributed by atoms with van der Waals surface area (Å²) in [7, 11) is 0. The van der Waals surface area contributed by atoms with Gasteiger partial charge in [0.1, 0.15) is 11.5 Å². The quantitative estimate of drug-likeness (QED) is 0.646. The van der Waals surface area contributed by atoms with Gasteiger partial charge in [-0.3, -0.25) is 4.79 Å². The highest BCUT2D eigenvalue weighted by Gasteiger charge is 2.13. The molecular weight excluding hydrogens is 340 g/mol. The van der Waals surface area contributed by atoms with E-state index in [1.54, 1.807) is 18.2 Å². The third kappa shape index (κ3) is 3.22. The fourth-order valence-electron chi connectivity index (χ4n) is 1.90. The third-order valence-corrected chi connectivity index (χ3v) is 3.77. The van der Waals surface area contributed by atoms with E-state index in [0.29, 0.717) is 28.5 Å². The second-order valence-corrected chi connectivity index (χ2v) is 6.03. The number of carbonyl (C=O) groups is 1. The Hall–Kier alpha value is -1.32. The molecule has 0 aliphatic carbocycles. The molecule has 104 valence electrons. The lowest BCUT2D eigenvalue weighted by molar-refractivity contribution is 0.112. The SMILES string of the molecule is CC(C)c1cc(Br)ccc1Oc1cccc(Cl)c1C=O. The predicted molar refractivity (Wildman–Crippen MR) is 85.1 cm³/mol. The first kappa shape index (κ1) is 15.1. The van der Waals surface area contributed by atoms with Crippen molar-refractivity contribution < 1.29 is 9.53 Å². The van der Waals surface area contributed by atoms with Crippen LogP contribution in [-0.2, 0) is 0 Å². The van der Waals surface area contributed by atoms with Gasteiger partial charge in [-0.15, -0.1) is 0 Å². The number of hydrogen-bond donors (Lipinski definition) is 0. The molecule has 0 N–H and O–H groups in total. The van der Waals surface area contributed by atoms with Gasteiger partial charge in [0.05, 0.1) is 10.6 Å². The van der Waals surface area contributed by atoms with Gasteiger partial charge >= 0.3 is 0 Å². The standard InChI is InChI=1S/C16H14BrClO2/c1-10(2)12-8-11(17)6-7-16(12)20-15-5-3-4-14(18)13(15)9-19/h3-10H,1-2H3. The summed E-state index contributed by atoms with van der Waals surface area (Å²) in [6.07, 6.45) is 0.714. The molecule has 0 fully saturated rings. The number of halogens is 2. The number of benzene rings is 2. The van der Waals surface area contributed by atoms with Gasteiger partial charge in [0.15, 0.2) is 6.29 Å². The molecule has 0 bridgehead atoms. The van der Waals surface area contributed by atoms with Gasteiger partial charge in [-0.25, -0.2) is 0 Å². The molecule has 0 radical (unpaired) electrons. The first-order valence-electron chi connectivity index (χ1n) is 6.24. The molecule has 2 rings (SSSR count). The van der Waals surface area contributed by atoms with Crippen LogP contribution in [0.5, 0.6) is 11.5 Å². The van der Waals surface area contributed by atoms with Crippen LogP contribution in [0, 0.1) is 0 Å². The highest BCUT2D eigenvalue weighted by atomic mass is 79.9. The first-order valence-corrected chi connectivity index (χ1v) is 7.41. The summed E-state index contributed by atoms with van der Waals surface area (Å²) in [5, 5.41) is 0.390. The predicted octanol–water partition coefficient (Wildman–Crippen LogP) is 5.83. The van der Waals surface area contributed by atoms with E-state index in [-0.39, 0.29) is 0 Å². The van der Waals surface area contributed by atoms with Crippen LogP contribution < -0.4 is 4.74 Å². The minimum atomic E-state index is 0.307. The molecule has 0 aliphatic heterocycles. The van der Waals surface area contributed by atoms with Crippen LogP contribution in [0.15, 0.2) is 40.9 Å². The zero-order valence-corrected chi connectivity index (χ0v) is 13.5. The Labute approximate surface area is 131 Å². The van der Waals surface area contributed by atoms with E-state index in [2.05, 4.69) is 29.8 Å². The van der Waals surface area contributed by atoms with E-state index < -0.39 is 0 Å². The molecule has 0 saturated carbocycles. The van der Waals surface area contributed by atoms with Gasteiger partial charge in [0, 0.05) is 4.47 Å². The molecule has 0 saturated heterocycles. The fourth-order valence-corrected chi connectivity index (χ4v) is 2.49. The monoisotopic (exact) mass is 352 g/mol. The van der Waals surface area contributed by atoms with Crippen molar-refractivity contribution in [2.45, 2.75) is 19.8 Å². The molecule has 0 amide bonds. The van der Waals surface area contributed by atoms with Crippen molar-refractivity contribution in [3.63, 3.8) is 0 Å². The summed E-state index contributed by atoms with van der Waals surface area (Å²) in [5.74, 6) is 1.51. The van der Waals surface area contributed by atoms with E-state index in [1.807, 2.05) is 18.2 Å². The smallest absolute Gasteiger partial charge is 0.155 e. The Morgan fingerprint density at radius 3 is 2.60 bits per heavy atom. The highest BCUT2D eigenvalue weighted by Crippen LogP contribution is 2.35. The van der Waals surface area contributed by atoms with Crippen molar-refractivity contribution in [1.82, 2.24) is 0 Å². The number of aldehydes is 1. The molecular formula is C16H14BrClO2. The van der Waals surface area contributed by atoms with E-state index in [0.717, 1.165) is 15.8 Å². The third-order valence-electron chi connectivity index (χ3n) is 2.94. The van der Waals surface area contributed by atoms with Crippen LogP contribution in [0.4, 0.5) is 0 Å². The lowest BCUT2D eigenvalue weighted by Gasteiger charge is -2.15. The molecule has 0 spiro atoms. The Morgan fingerprint density at radius 1 is 1.20 bits per heavy atom.